The summed E-state index contributed by atoms with van der Waals surface area (Å²) in [6.45, 7) is 14.1. The van der Waals surface area contributed by atoms with E-state index in [-0.39, 0.29) is 12.1 Å². The van der Waals surface area contributed by atoms with Crippen molar-refractivity contribution in [3.05, 3.63) is 47.5 Å². The van der Waals surface area contributed by atoms with Gasteiger partial charge in [0.15, 0.2) is 11.5 Å². The summed E-state index contributed by atoms with van der Waals surface area (Å²) < 4.78 is 19.4. The van der Waals surface area contributed by atoms with Crippen molar-refractivity contribution in [2.75, 3.05) is 6.61 Å². The number of unbranched alkanes of at least 4 members (excludes halogenated alkanes) is 5. The molecule has 0 saturated heterocycles. The smallest absolute Gasteiger partial charge is 0.343 e. The number of esters is 1. The average molecular weight is 541 g/mol. The maximum Gasteiger partial charge on any atom is 0.343 e. The molecule has 0 aromatic heterocycles. The van der Waals surface area contributed by atoms with Crippen LogP contribution in [0.2, 0.25) is 13.1 Å². The van der Waals surface area contributed by atoms with E-state index in [0.717, 1.165) is 62.9 Å². The molecule has 2 aromatic carbocycles. The molecule has 0 spiro atoms. The molecule has 1 unspecified atom stereocenters. The molecule has 2 aromatic rings. The van der Waals surface area contributed by atoms with Crippen LogP contribution in [-0.2, 0) is 6.42 Å². The highest BCUT2D eigenvalue weighted by Crippen LogP contribution is 2.37. The van der Waals surface area contributed by atoms with Crippen molar-refractivity contribution in [3.63, 3.8) is 0 Å². The van der Waals surface area contributed by atoms with Gasteiger partial charge < -0.3 is 14.2 Å². The van der Waals surface area contributed by atoms with Gasteiger partial charge in [0.05, 0.1) is 27.1 Å². The Labute approximate surface area is 234 Å². The van der Waals surface area contributed by atoms with Crippen LogP contribution >= 0.6 is 0 Å². The SMILES string of the molecule is CCCCCCC(CCC)Oc1cc(OC(=O)c2ccccc2)c(OCCCC)c([SiH](C)C)c1CCCC. The van der Waals surface area contributed by atoms with Crippen LogP contribution in [0.4, 0.5) is 0 Å². The van der Waals surface area contributed by atoms with Gasteiger partial charge in [0.1, 0.15) is 5.75 Å². The molecule has 0 N–H and O–H groups in total. The van der Waals surface area contributed by atoms with Crippen LogP contribution in [0, 0.1) is 0 Å². The molecule has 0 amide bonds. The largest absolute Gasteiger partial charge is 0.490 e. The van der Waals surface area contributed by atoms with Gasteiger partial charge in [-0.3, -0.25) is 0 Å². The predicted molar refractivity (Wildman–Crippen MR) is 163 cm³/mol. The van der Waals surface area contributed by atoms with E-state index in [2.05, 4.69) is 40.8 Å². The molecule has 0 heterocycles. The lowest BCUT2D eigenvalue weighted by Crippen LogP contribution is -2.32. The Balaban J connectivity index is 2.57. The molecule has 0 aliphatic heterocycles. The minimum atomic E-state index is -1.37. The fourth-order valence-corrected chi connectivity index (χ4v) is 6.57. The number of benzene rings is 2. The van der Waals surface area contributed by atoms with Gasteiger partial charge in [-0.15, -0.1) is 0 Å². The Kier molecular flexibility index (Phi) is 15.2. The lowest BCUT2D eigenvalue weighted by molar-refractivity contribution is 0.0727. The van der Waals surface area contributed by atoms with Crippen LogP contribution in [0.3, 0.4) is 0 Å². The summed E-state index contributed by atoms with van der Waals surface area (Å²) in [4.78, 5) is 13.2. The quantitative estimate of drug-likeness (QED) is 0.0774. The second kappa shape index (κ2) is 18.1. The molecule has 5 heteroatoms. The summed E-state index contributed by atoms with van der Waals surface area (Å²) in [6, 6.07) is 11.2. The Hall–Kier alpha value is -2.27. The summed E-state index contributed by atoms with van der Waals surface area (Å²) in [5.41, 5.74) is 1.81. The molecular formula is C33H52O4Si. The molecular weight excluding hydrogens is 488 g/mol. The minimum absolute atomic E-state index is 0.170. The molecule has 0 saturated carbocycles. The van der Waals surface area contributed by atoms with Crippen LogP contribution in [-0.4, -0.2) is 27.5 Å². The third-order valence-corrected chi connectivity index (χ3v) is 8.72. The highest BCUT2D eigenvalue weighted by Gasteiger charge is 2.26. The molecule has 0 aliphatic rings. The van der Waals surface area contributed by atoms with Gasteiger partial charge in [-0.25, -0.2) is 4.79 Å². The van der Waals surface area contributed by atoms with Crippen molar-refractivity contribution in [2.45, 2.75) is 124 Å². The second-order valence-corrected chi connectivity index (χ2v) is 13.6. The maximum absolute atomic E-state index is 13.2. The van der Waals surface area contributed by atoms with Crippen LogP contribution in [0.25, 0.3) is 0 Å². The number of hydrogen-bond acceptors (Lipinski definition) is 4. The first-order valence-corrected chi connectivity index (χ1v) is 18.1. The van der Waals surface area contributed by atoms with Crippen molar-refractivity contribution >= 4 is 20.0 Å². The number of rotatable bonds is 19. The zero-order valence-corrected chi connectivity index (χ0v) is 26.1. The summed E-state index contributed by atoms with van der Waals surface area (Å²) in [7, 11) is -1.37. The fourth-order valence-electron chi connectivity index (χ4n) is 4.84. The first-order chi connectivity index (χ1) is 18.5. The zero-order chi connectivity index (χ0) is 27.8. The van der Waals surface area contributed by atoms with Crippen LogP contribution in [0.15, 0.2) is 36.4 Å². The van der Waals surface area contributed by atoms with Gasteiger partial charge in [-0.2, -0.15) is 0 Å². The van der Waals surface area contributed by atoms with E-state index >= 15 is 0 Å². The molecule has 0 radical (unpaired) electrons. The highest BCUT2D eigenvalue weighted by atomic mass is 28.3. The zero-order valence-electron chi connectivity index (χ0n) is 24.9. The monoisotopic (exact) mass is 540 g/mol. The van der Waals surface area contributed by atoms with Crippen LogP contribution < -0.4 is 19.4 Å². The van der Waals surface area contributed by atoms with E-state index < -0.39 is 8.80 Å². The van der Waals surface area contributed by atoms with Crippen molar-refractivity contribution in [1.29, 1.82) is 0 Å². The number of ether oxygens (including phenoxy) is 3. The van der Waals surface area contributed by atoms with Gasteiger partial charge in [-0.05, 0) is 61.4 Å². The predicted octanol–water partition coefficient (Wildman–Crippen LogP) is 8.64. The van der Waals surface area contributed by atoms with E-state index in [1.165, 1.54) is 36.4 Å². The first kappa shape index (κ1) is 31.9. The third-order valence-electron chi connectivity index (χ3n) is 6.95. The molecule has 4 nitrogen and oxygen atoms in total. The van der Waals surface area contributed by atoms with E-state index in [4.69, 9.17) is 14.2 Å². The lowest BCUT2D eigenvalue weighted by atomic mass is 10.0. The molecule has 38 heavy (non-hydrogen) atoms. The van der Waals surface area contributed by atoms with Gasteiger partial charge in [0.25, 0.3) is 0 Å². The molecule has 0 aliphatic carbocycles. The molecule has 212 valence electrons. The Morgan fingerprint density at radius 2 is 1.53 bits per heavy atom. The Bertz CT molecular complexity index is 942. The van der Waals surface area contributed by atoms with Gasteiger partial charge in [-0.1, -0.05) is 97.5 Å². The van der Waals surface area contributed by atoms with E-state index in [0.29, 0.717) is 17.9 Å². The number of carbonyl (C=O) groups excluding carboxylic acids is 1. The fraction of sp³-hybridized carbons (Fsp3) is 0.606. The van der Waals surface area contributed by atoms with Gasteiger partial charge in [0, 0.05) is 6.07 Å². The van der Waals surface area contributed by atoms with Gasteiger partial charge in [0.2, 0.25) is 0 Å². The van der Waals surface area contributed by atoms with Crippen molar-refractivity contribution < 1.29 is 19.0 Å². The van der Waals surface area contributed by atoms with E-state index in [1.54, 1.807) is 12.1 Å². The summed E-state index contributed by atoms with van der Waals surface area (Å²) in [5, 5.41) is 1.25. The molecule has 0 fully saturated rings. The Morgan fingerprint density at radius 3 is 2.16 bits per heavy atom. The molecule has 0 bridgehead atoms. The Morgan fingerprint density at radius 1 is 0.816 bits per heavy atom. The summed E-state index contributed by atoms with van der Waals surface area (Å²) in [6.07, 6.45) is 13.5. The number of carbonyl (C=O) groups is 1. The van der Waals surface area contributed by atoms with E-state index in [9.17, 15) is 4.79 Å². The van der Waals surface area contributed by atoms with E-state index in [1.807, 2.05) is 24.3 Å². The third kappa shape index (κ3) is 10.1. The normalized spacial score (nSPS) is 12.0. The highest BCUT2D eigenvalue weighted by molar-refractivity contribution is 6.72. The van der Waals surface area contributed by atoms with Crippen LogP contribution in [0.1, 0.15) is 114 Å². The summed E-state index contributed by atoms with van der Waals surface area (Å²) >= 11 is 0. The lowest BCUT2D eigenvalue weighted by Gasteiger charge is -2.27. The van der Waals surface area contributed by atoms with Crippen molar-refractivity contribution in [3.8, 4) is 17.2 Å². The van der Waals surface area contributed by atoms with Crippen molar-refractivity contribution in [1.82, 2.24) is 0 Å². The maximum atomic E-state index is 13.2. The molecule has 1 atom stereocenters. The van der Waals surface area contributed by atoms with Crippen LogP contribution in [0.5, 0.6) is 17.2 Å². The van der Waals surface area contributed by atoms with Crippen molar-refractivity contribution in [2.24, 2.45) is 0 Å². The minimum Gasteiger partial charge on any atom is -0.490 e. The topological polar surface area (TPSA) is 44.8 Å². The first-order valence-electron chi connectivity index (χ1n) is 15.2. The second-order valence-electron chi connectivity index (χ2n) is 10.7. The average Bonchev–Trinajstić information content (AvgIpc) is 2.91. The molecule has 2 rings (SSSR count). The standard InChI is InChI=1S/C33H52O4Si/c1-7-11-14-18-22-27(19-10-4)36-29-25-30(37-33(34)26-20-16-15-17-21-26)31(35-24-13-9-3)32(38(5)6)28(29)23-12-8-2/h15-17,20-21,25,27,38H,7-14,18-19,22-24H2,1-6H3. The summed E-state index contributed by atoms with van der Waals surface area (Å²) in [5.74, 6) is 1.79. The number of hydrogen-bond donors (Lipinski definition) is 0. The van der Waals surface area contributed by atoms with Gasteiger partial charge >= 0.3 is 5.97 Å².